The molecule has 1 aliphatic heterocycles. The summed E-state index contributed by atoms with van der Waals surface area (Å²) in [7, 11) is 1.50. The van der Waals surface area contributed by atoms with E-state index in [9.17, 15) is 9.59 Å². The summed E-state index contributed by atoms with van der Waals surface area (Å²) in [6, 6.07) is 8.64. The average Bonchev–Trinajstić information content (AvgIpc) is 3.21. The molecule has 1 aliphatic rings. The molecule has 1 aromatic carbocycles. The fourth-order valence-electron chi connectivity index (χ4n) is 3.15. The van der Waals surface area contributed by atoms with Crippen LogP contribution in [0.3, 0.4) is 0 Å². The summed E-state index contributed by atoms with van der Waals surface area (Å²) in [5.74, 6) is 0.509. The zero-order chi connectivity index (χ0) is 22.2. The minimum absolute atomic E-state index is 0.106. The third-order valence-corrected chi connectivity index (χ3v) is 5.95. The lowest BCUT2D eigenvalue weighted by Crippen LogP contribution is -2.43. The second kappa shape index (κ2) is 11.2. The minimum atomic E-state index is -0.168. The molecular formula is C22H25ClN2O5S. The van der Waals surface area contributed by atoms with Gasteiger partial charge in [0.1, 0.15) is 0 Å². The first-order chi connectivity index (χ1) is 15.0. The summed E-state index contributed by atoms with van der Waals surface area (Å²) in [5.41, 5.74) is 0.452. The summed E-state index contributed by atoms with van der Waals surface area (Å²) in [6.07, 6.45) is 1.68. The van der Waals surface area contributed by atoms with Crippen molar-refractivity contribution in [2.75, 3.05) is 46.6 Å². The van der Waals surface area contributed by atoms with Crippen LogP contribution < -0.4 is 9.47 Å². The van der Waals surface area contributed by atoms with Crippen molar-refractivity contribution in [1.82, 2.24) is 9.80 Å². The molecule has 7 nitrogen and oxygen atoms in total. The Labute approximate surface area is 190 Å². The largest absolute Gasteiger partial charge is 0.493 e. The number of benzene rings is 1. The molecule has 0 bridgehead atoms. The monoisotopic (exact) mass is 464 g/mol. The van der Waals surface area contributed by atoms with Gasteiger partial charge in [0.25, 0.3) is 11.8 Å². The lowest BCUT2D eigenvalue weighted by Gasteiger charge is -2.26. The van der Waals surface area contributed by atoms with Gasteiger partial charge < -0.3 is 24.0 Å². The van der Waals surface area contributed by atoms with Crippen molar-refractivity contribution < 1.29 is 23.8 Å². The third kappa shape index (κ3) is 6.22. The Morgan fingerprint density at radius 1 is 1.26 bits per heavy atom. The highest BCUT2D eigenvalue weighted by Crippen LogP contribution is 2.29. The predicted octanol–water partition coefficient (Wildman–Crippen LogP) is 3.48. The zero-order valence-electron chi connectivity index (χ0n) is 17.3. The number of methoxy groups -OCH3 is 1. The number of rotatable bonds is 9. The zero-order valence-corrected chi connectivity index (χ0v) is 18.9. The van der Waals surface area contributed by atoms with Crippen molar-refractivity contribution in [3.8, 4) is 11.5 Å². The summed E-state index contributed by atoms with van der Waals surface area (Å²) in [6.45, 7) is 6.64. The number of nitrogens with zero attached hydrogens (tertiary/aromatic N) is 2. The molecule has 31 heavy (non-hydrogen) atoms. The molecule has 0 spiro atoms. The quantitative estimate of drug-likeness (QED) is 0.531. The van der Waals surface area contributed by atoms with Gasteiger partial charge in [-0.25, -0.2) is 0 Å². The van der Waals surface area contributed by atoms with Crippen LogP contribution in [0.5, 0.6) is 11.5 Å². The molecule has 0 unspecified atom stereocenters. The number of carbonyl (C=O) groups excluding carboxylic acids is 2. The van der Waals surface area contributed by atoms with Crippen molar-refractivity contribution in [2.24, 2.45) is 0 Å². The molecule has 3 rings (SSSR count). The second-order valence-corrected chi connectivity index (χ2v) is 8.63. The van der Waals surface area contributed by atoms with Gasteiger partial charge in [-0.15, -0.1) is 17.9 Å². The molecule has 166 valence electrons. The van der Waals surface area contributed by atoms with E-state index < -0.39 is 0 Å². The Bertz CT molecular complexity index is 926. The molecule has 1 saturated heterocycles. The van der Waals surface area contributed by atoms with Crippen LogP contribution in [0, 0.1) is 0 Å². The molecule has 1 aromatic heterocycles. The highest BCUT2D eigenvalue weighted by Gasteiger charge is 2.20. The van der Waals surface area contributed by atoms with E-state index in [1.807, 2.05) is 12.1 Å². The first kappa shape index (κ1) is 23.1. The maximum atomic E-state index is 13.1. The second-order valence-electron chi connectivity index (χ2n) is 6.83. The van der Waals surface area contributed by atoms with Crippen LogP contribution in [0.4, 0.5) is 0 Å². The number of hydrogen-bond acceptors (Lipinski definition) is 6. The van der Waals surface area contributed by atoms with E-state index in [2.05, 4.69) is 6.58 Å². The number of amides is 2. The minimum Gasteiger partial charge on any atom is -0.493 e. The van der Waals surface area contributed by atoms with Crippen LogP contribution in [0.1, 0.15) is 15.2 Å². The fraction of sp³-hybridized carbons (Fsp3) is 0.364. The molecule has 0 radical (unpaired) electrons. The molecule has 2 amide bonds. The van der Waals surface area contributed by atoms with Crippen molar-refractivity contribution in [3.63, 3.8) is 0 Å². The lowest BCUT2D eigenvalue weighted by atomic mass is 10.1. The number of morpholine rings is 1. The number of halogens is 1. The van der Waals surface area contributed by atoms with E-state index in [0.29, 0.717) is 60.8 Å². The summed E-state index contributed by atoms with van der Waals surface area (Å²) >= 11 is 7.44. The molecule has 2 aromatic rings. The SMILES string of the molecule is C=CCN(Cc1ccc(Cl)s1)C(=O)c1ccc(OCC(=O)N2CCOCC2)c(OC)c1. The van der Waals surface area contributed by atoms with Gasteiger partial charge in [0.05, 0.1) is 31.2 Å². The van der Waals surface area contributed by atoms with Gasteiger partial charge in [-0.2, -0.15) is 0 Å². The first-order valence-corrected chi connectivity index (χ1v) is 11.0. The van der Waals surface area contributed by atoms with Crippen LogP contribution in [0.2, 0.25) is 4.34 Å². The number of thiophene rings is 1. The summed E-state index contributed by atoms with van der Waals surface area (Å²) in [5, 5.41) is 0. The van der Waals surface area contributed by atoms with Gasteiger partial charge in [-0.05, 0) is 30.3 Å². The average molecular weight is 465 g/mol. The first-order valence-electron chi connectivity index (χ1n) is 9.82. The third-order valence-electron chi connectivity index (χ3n) is 4.74. The Morgan fingerprint density at radius 3 is 2.68 bits per heavy atom. The molecule has 0 aliphatic carbocycles. The topological polar surface area (TPSA) is 68.3 Å². The van der Waals surface area contributed by atoms with E-state index >= 15 is 0 Å². The number of hydrogen-bond donors (Lipinski definition) is 0. The van der Waals surface area contributed by atoms with Crippen LogP contribution in [-0.2, 0) is 16.1 Å². The Kier molecular flexibility index (Phi) is 8.34. The van der Waals surface area contributed by atoms with Gasteiger partial charge in [0.2, 0.25) is 0 Å². The predicted molar refractivity (Wildman–Crippen MR) is 120 cm³/mol. The van der Waals surface area contributed by atoms with E-state index in [1.165, 1.54) is 18.4 Å². The molecule has 0 atom stereocenters. The standard InChI is InChI=1S/C22H25ClN2O5S/c1-3-8-25(14-17-5-7-20(23)31-17)22(27)16-4-6-18(19(13-16)28-2)30-15-21(26)24-9-11-29-12-10-24/h3-7,13H,1,8-12,14-15H2,2H3. The Balaban J connectivity index is 1.68. The van der Waals surface area contributed by atoms with Gasteiger partial charge in [-0.1, -0.05) is 17.7 Å². The van der Waals surface area contributed by atoms with Crippen molar-refractivity contribution in [3.05, 3.63) is 57.8 Å². The lowest BCUT2D eigenvalue weighted by molar-refractivity contribution is -0.137. The number of ether oxygens (including phenoxy) is 3. The normalized spacial score (nSPS) is 13.5. The van der Waals surface area contributed by atoms with E-state index in [4.69, 9.17) is 25.8 Å². The van der Waals surface area contributed by atoms with Crippen LogP contribution >= 0.6 is 22.9 Å². The fourth-order valence-corrected chi connectivity index (χ4v) is 4.25. The van der Waals surface area contributed by atoms with E-state index in [-0.39, 0.29) is 18.4 Å². The molecule has 2 heterocycles. The molecule has 1 fully saturated rings. The molecular weight excluding hydrogens is 440 g/mol. The highest BCUT2D eigenvalue weighted by atomic mass is 35.5. The van der Waals surface area contributed by atoms with Crippen LogP contribution in [0.15, 0.2) is 43.0 Å². The number of carbonyl (C=O) groups is 2. The van der Waals surface area contributed by atoms with Crippen LogP contribution in [0.25, 0.3) is 0 Å². The van der Waals surface area contributed by atoms with Crippen molar-refractivity contribution >= 4 is 34.8 Å². The van der Waals surface area contributed by atoms with E-state index in [1.54, 1.807) is 34.1 Å². The van der Waals surface area contributed by atoms with Crippen molar-refractivity contribution in [2.45, 2.75) is 6.54 Å². The maximum absolute atomic E-state index is 13.1. The van der Waals surface area contributed by atoms with Gasteiger partial charge in [0, 0.05) is 30.1 Å². The smallest absolute Gasteiger partial charge is 0.260 e. The van der Waals surface area contributed by atoms with Gasteiger partial charge >= 0.3 is 0 Å². The van der Waals surface area contributed by atoms with E-state index in [0.717, 1.165) is 4.88 Å². The van der Waals surface area contributed by atoms with Crippen LogP contribution in [-0.4, -0.2) is 68.2 Å². The summed E-state index contributed by atoms with van der Waals surface area (Å²) < 4.78 is 17.0. The summed E-state index contributed by atoms with van der Waals surface area (Å²) in [4.78, 5) is 29.7. The maximum Gasteiger partial charge on any atom is 0.260 e. The Hall–Kier alpha value is -2.55. The molecule has 0 saturated carbocycles. The molecule has 0 N–H and O–H groups in total. The molecule has 9 heteroatoms. The van der Waals surface area contributed by atoms with Gasteiger partial charge in [-0.3, -0.25) is 9.59 Å². The highest BCUT2D eigenvalue weighted by molar-refractivity contribution is 7.16. The van der Waals surface area contributed by atoms with Gasteiger partial charge in [0.15, 0.2) is 18.1 Å². The van der Waals surface area contributed by atoms with Crippen molar-refractivity contribution in [1.29, 1.82) is 0 Å². The Morgan fingerprint density at radius 2 is 2.03 bits per heavy atom.